The first-order chi connectivity index (χ1) is 12.7. The summed E-state index contributed by atoms with van der Waals surface area (Å²) in [6.45, 7) is 4.48. The van der Waals surface area contributed by atoms with Crippen molar-refractivity contribution in [2.24, 2.45) is 18.0 Å². The van der Waals surface area contributed by atoms with E-state index in [0.717, 1.165) is 37.6 Å². The lowest BCUT2D eigenvalue weighted by molar-refractivity contribution is -0.0265. The van der Waals surface area contributed by atoms with Gasteiger partial charge in [-0.3, -0.25) is 9.67 Å². The molecule has 1 aromatic carbocycles. The third kappa shape index (κ3) is 4.64. The normalized spacial score (nSPS) is 20.8. The zero-order chi connectivity index (χ0) is 18.4. The Morgan fingerprint density at radius 3 is 2.77 bits per heavy atom. The maximum Gasteiger partial charge on any atom is 0.191 e. The van der Waals surface area contributed by atoms with Gasteiger partial charge in [-0.1, -0.05) is 29.8 Å². The third-order valence-electron chi connectivity index (χ3n) is 4.97. The molecule has 2 heterocycles. The van der Waals surface area contributed by atoms with Gasteiger partial charge in [0.05, 0.1) is 18.3 Å². The molecule has 1 aliphatic heterocycles. The number of ether oxygens (including phenoxy) is 1. The topological polar surface area (TPSA) is 63.5 Å². The van der Waals surface area contributed by atoms with Crippen LogP contribution >= 0.6 is 0 Å². The van der Waals surface area contributed by atoms with Gasteiger partial charge < -0.3 is 15.4 Å². The molecule has 2 unspecified atom stereocenters. The number of aryl methyl sites for hydroxylation is 2. The maximum atomic E-state index is 6.11. The van der Waals surface area contributed by atoms with Gasteiger partial charge in [-0.15, -0.1) is 0 Å². The average Bonchev–Trinajstić information content (AvgIpc) is 3.08. The summed E-state index contributed by atoms with van der Waals surface area (Å²) in [5, 5.41) is 11.0. The lowest BCUT2D eigenvalue weighted by Gasteiger charge is -2.32. The van der Waals surface area contributed by atoms with Crippen molar-refractivity contribution < 1.29 is 4.74 Å². The summed E-state index contributed by atoms with van der Waals surface area (Å²) in [5.74, 6) is 1.24. The van der Waals surface area contributed by atoms with E-state index in [2.05, 4.69) is 51.9 Å². The number of guanidine groups is 1. The third-order valence-corrected chi connectivity index (χ3v) is 4.97. The number of aromatic nitrogens is 2. The summed E-state index contributed by atoms with van der Waals surface area (Å²) in [5.41, 5.74) is 3.66. The van der Waals surface area contributed by atoms with Gasteiger partial charge in [-0.2, -0.15) is 5.10 Å². The smallest absolute Gasteiger partial charge is 0.191 e. The van der Waals surface area contributed by atoms with Crippen LogP contribution in [0.15, 0.2) is 41.5 Å². The lowest BCUT2D eigenvalue weighted by atomic mass is 9.89. The number of hydrogen-bond donors (Lipinski definition) is 2. The lowest BCUT2D eigenvalue weighted by Crippen LogP contribution is -2.41. The fourth-order valence-electron chi connectivity index (χ4n) is 3.37. The Balaban J connectivity index is 1.57. The van der Waals surface area contributed by atoms with Crippen molar-refractivity contribution >= 4 is 5.96 Å². The predicted octanol–water partition coefficient (Wildman–Crippen LogP) is 2.56. The fraction of sp³-hybridized carbons (Fsp3) is 0.500. The van der Waals surface area contributed by atoms with Crippen LogP contribution in [0.25, 0.3) is 0 Å². The molecule has 3 rings (SSSR count). The van der Waals surface area contributed by atoms with Crippen LogP contribution in [0, 0.1) is 12.8 Å². The first-order valence-corrected chi connectivity index (χ1v) is 9.27. The zero-order valence-electron chi connectivity index (χ0n) is 15.9. The molecule has 0 amide bonds. The second kappa shape index (κ2) is 8.85. The van der Waals surface area contributed by atoms with Crippen LogP contribution in [0.2, 0.25) is 0 Å². The van der Waals surface area contributed by atoms with Gasteiger partial charge in [0.15, 0.2) is 5.96 Å². The quantitative estimate of drug-likeness (QED) is 0.639. The minimum atomic E-state index is 0.145. The van der Waals surface area contributed by atoms with E-state index in [9.17, 15) is 0 Å². The molecule has 0 aliphatic carbocycles. The number of nitrogens with one attached hydrogen (secondary N) is 2. The van der Waals surface area contributed by atoms with Crippen molar-refractivity contribution in [3.05, 3.63) is 53.3 Å². The van der Waals surface area contributed by atoms with Gasteiger partial charge >= 0.3 is 0 Å². The van der Waals surface area contributed by atoms with Gasteiger partial charge in [-0.25, -0.2) is 0 Å². The predicted molar refractivity (Wildman–Crippen MR) is 104 cm³/mol. The molecule has 2 N–H and O–H groups in total. The first kappa shape index (κ1) is 18.5. The second-order valence-electron chi connectivity index (χ2n) is 6.86. The summed E-state index contributed by atoms with van der Waals surface area (Å²) in [7, 11) is 3.74. The van der Waals surface area contributed by atoms with E-state index in [-0.39, 0.29) is 6.10 Å². The largest absolute Gasteiger partial charge is 0.373 e. The van der Waals surface area contributed by atoms with Crippen molar-refractivity contribution in [2.75, 3.05) is 20.2 Å². The van der Waals surface area contributed by atoms with Gasteiger partial charge in [0.2, 0.25) is 0 Å². The first-order valence-electron chi connectivity index (χ1n) is 9.27. The van der Waals surface area contributed by atoms with Gasteiger partial charge in [0, 0.05) is 39.4 Å². The van der Waals surface area contributed by atoms with E-state index < -0.39 is 0 Å². The van der Waals surface area contributed by atoms with Crippen LogP contribution in [-0.4, -0.2) is 35.9 Å². The fourth-order valence-corrected chi connectivity index (χ4v) is 3.37. The van der Waals surface area contributed by atoms with E-state index in [1.54, 1.807) is 13.2 Å². The molecule has 1 fully saturated rings. The minimum absolute atomic E-state index is 0.145. The monoisotopic (exact) mass is 355 g/mol. The molecule has 0 saturated carbocycles. The van der Waals surface area contributed by atoms with E-state index in [0.29, 0.717) is 12.5 Å². The number of aliphatic imine (C=N–C) groups is 1. The summed E-state index contributed by atoms with van der Waals surface area (Å²) in [4.78, 5) is 4.33. The van der Waals surface area contributed by atoms with Gasteiger partial charge in [0.25, 0.3) is 0 Å². The van der Waals surface area contributed by atoms with Gasteiger partial charge in [0.1, 0.15) is 0 Å². The van der Waals surface area contributed by atoms with Crippen molar-refractivity contribution in [1.82, 2.24) is 20.4 Å². The molecule has 1 aromatic heterocycles. The molecule has 6 nitrogen and oxygen atoms in total. The number of rotatable bonds is 5. The van der Waals surface area contributed by atoms with E-state index in [1.807, 2.05) is 17.8 Å². The molecule has 0 bridgehead atoms. The van der Waals surface area contributed by atoms with Crippen LogP contribution in [0.5, 0.6) is 0 Å². The average molecular weight is 355 g/mol. The summed E-state index contributed by atoms with van der Waals surface area (Å²) in [6.07, 6.45) is 4.21. The number of hydrogen-bond acceptors (Lipinski definition) is 3. The van der Waals surface area contributed by atoms with Crippen molar-refractivity contribution in [3.8, 4) is 0 Å². The molecule has 2 atom stereocenters. The second-order valence-corrected chi connectivity index (χ2v) is 6.86. The van der Waals surface area contributed by atoms with Crippen molar-refractivity contribution in [2.45, 2.75) is 32.4 Å². The molecule has 2 aromatic rings. The van der Waals surface area contributed by atoms with Crippen LogP contribution in [-0.2, 0) is 18.3 Å². The molecule has 0 spiro atoms. The molecule has 6 heteroatoms. The van der Waals surface area contributed by atoms with Gasteiger partial charge in [-0.05, 0) is 31.4 Å². The van der Waals surface area contributed by atoms with Crippen LogP contribution in [0.1, 0.15) is 35.8 Å². The summed E-state index contributed by atoms with van der Waals surface area (Å²) < 4.78 is 7.97. The molecule has 140 valence electrons. The number of nitrogens with zero attached hydrogens (tertiary/aromatic N) is 3. The standard InChI is InChI=1S/C20H29N5O/c1-15-6-8-16(9-7-15)19-17(5-4-12-26-19)13-22-20(21-2)23-14-18-10-11-24-25(18)3/h6-11,17,19H,4-5,12-14H2,1-3H3,(H2,21,22,23). The zero-order valence-corrected chi connectivity index (χ0v) is 15.9. The SMILES string of the molecule is CN=C(NCc1ccnn1C)NCC1CCCOC1c1ccc(C)cc1. The molecule has 1 saturated heterocycles. The van der Waals surface area contributed by atoms with E-state index in [4.69, 9.17) is 4.74 Å². The Kier molecular flexibility index (Phi) is 6.28. The Labute approximate surface area is 155 Å². The van der Waals surface area contributed by atoms with Crippen molar-refractivity contribution in [3.63, 3.8) is 0 Å². The Morgan fingerprint density at radius 2 is 2.08 bits per heavy atom. The van der Waals surface area contributed by atoms with Crippen molar-refractivity contribution in [1.29, 1.82) is 0 Å². The Hall–Kier alpha value is -2.34. The molecule has 1 aliphatic rings. The molecular formula is C20H29N5O. The highest BCUT2D eigenvalue weighted by Gasteiger charge is 2.27. The Bertz CT molecular complexity index is 722. The van der Waals surface area contributed by atoms with Crippen LogP contribution in [0.3, 0.4) is 0 Å². The molecule has 0 radical (unpaired) electrons. The Morgan fingerprint density at radius 1 is 1.27 bits per heavy atom. The highest BCUT2D eigenvalue weighted by molar-refractivity contribution is 5.79. The molecule has 26 heavy (non-hydrogen) atoms. The van der Waals surface area contributed by atoms with E-state index in [1.165, 1.54) is 11.1 Å². The summed E-state index contributed by atoms with van der Waals surface area (Å²) >= 11 is 0. The van der Waals surface area contributed by atoms with Crippen LogP contribution < -0.4 is 10.6 Å². The highest BCUT2D eigenvalue weighted by Crippen LogP contribution is 2.33. The maximum absolute atomic E-state index is 6.11. The molecular weight excluding hydrogens is 326 g/mol. The van der Waals surface area contributed by atoms with Crippen LogP contribution in [0.4, 0.5) is 0 Å². The van der Waals surface area contributed by atoms with E-state index >= 15 is 0 Å². The highest BCUT2D eigenvalue weighted by atomic mass is 16.5. The summed E-state index contributed by atoms with van der Waals surface area (Å²) in [6, 6.07) is 10.7. The minimum Gasteiger partial charge on any atom is -0.373 e. The number of benzene rings is 1.